The van der Waals surface area contributed by atoms with Gasteiger partial charge in [-0.15, -0.1) is 0 Å². The summed E-state index contributed by atoms with van der Waals surface area (Å²) >= 11 is -0.245. The SMILES string of the molecule is COC(=O)c1c(N)c(C#N)cn1-c1ccc(SC(F)(F)F)cc1. The number of methoxy groups -OCH3 is 1. The Morgan fingerprint density at radius 1 is 1.35 bits per heavy atom. The molecule has 0 fully saturated rings. The first-order valence-corrected chi connectivity index (χ1v) is 6.94. The molecule has 2 aromatic rings. The molecule has 5 nitrogen and oxygen atoms in total. The number of thioether (sulfide) groups is 1. The summed E-state index contributed by atoms with van der Waals surface area (Å²) in [5, 5.41) is 9.01. The second kappa shape index (κ2) is 6.26. The van der Waals surface area contributed by atoms with Crippen molar-refractivity contribution in [3.05, 3.63) is 41.7 Å². The van der Waals surface area contributed by atoms with Gasteiger partial charge in [0, 0.05) is 16.8 Å². The number of nitrogens with two attached hydrogens (primary N) is 1. The van der Waals surface area contributed by atoms with Crippen molar-refractivity contribution in [3.63, 3.8) is 0 Å². The number of rotatable bonds is 3. The van der Waals surface area contributed by atoms with Gasteiger partial charge >= 0.3 is 11.5 Å². The van der Waals surface area contributed by atoms with Crippen molar-refractivity contribution in [2.75, 3.05) is 12.8 Å². The zero-order chi connectivity index (χ0) is 17.2. The molecule has 23 heavy (non-hydrogen) atoms. The molecule has 120 valence electrons. The smallest absolute Gasteiger partial charge is 0.446 e. The van der Waals surface area contributed by atoms with Crippen molar-refractivity contribution < 1.29 is 22.7 Å². The number of alkyl halides is 3. The van der Waals surface area contributed by atoms with Crippen molar-refractivity contribution in [2.24, 2.45) is 0 Å². The Bertz CT molecular complexity index is 776. The van der Waals surface area contributed by atoms with Gasteiger partial charge in [0.25, 0.3) is 0 Å². The van der Waals surface area contributed by atoms with Crippen LogP contribution < -0.4 is 5.73 Å². The van der Waals surface area contributed by atoms with Crippen molar-refractivity contribution in [1.82, 2.24) is 4.57 Å². The van der Waals surface area contributed by atoms with Crippen molar-refractivity contribution >= 4 is 23.4 Å². The number of halogens is 3. The lowest BCUT2D eigenvalue weighted by atomic mass is 10.2. The number of esters is 1. The van der Waals surface area contributed by atoms with E-state index in [0.717, 1.165) is 7.11 Å². The van der Waals surface area contributed by atoms with E-state index in [4.69, 9.17) is 11.0 Å². The molecule has 0 amide bonds. The number of ether oxygens (including phenoxy) is 1. The van der Waals surface area contributed by atoms with E-state index in [9.17, 15) is 18.0 Å². The minimum Gasteiger partial charge on any atom is -0.464 e. The maximum Gasteiger partial charge on any atom is 0.446 e. The van der Waals surface area contributed by atoms with E-state index in [1.54, 1.807) is 0 Å². The minimum atomic E-state index is -4.38. The second-order valence-corrected chi connectivity index (χ2v) is 5.46. The van der Waals surface area contributed by atoms with E-state index in [1.165, 1.54) is 35.0 Å². The van der Waals surface area contributed by atoms with E-state index in [1.807, 2.05) is 6.07 Å². The maximum atomic E-state index is 12.3. The fraction of sp³-hybridized carbons (Fsp3) is 0.143. The molecule has 0 saturated heterocycles. The van der Waals surface area contributed by atoms with Crippen LogP contribution in [0.1, 0.15) is 16.1 Å². The molecule has 0 radical (unpaired) electrons. The largest absolute Gasteiger partial charge is 0.464 e. The average Bonchev–Trinajstić information content (AvgIpc) is 2.82. The van der Waals surface area contributed by atoms with Gasteiger partial charge in [-0.25, -0.2) is 4.79 Å². The van der Waals surface area contributed by atoms with E-state index in [-0.39, 0.29) is 33.6 Å². The molecule has 1 aromatic heterocycles. The van der Waals surface area contributed by atoms with Crippen LogP contribution >= 0.6 is 11.8 Å². The van der Waals surface area contributed by atoms with Gasteiger partial charge < -0.3 is 15.0 Å². The number of hydrogen-bond donors (Lipinski definition) is 1. The summed E-state index contributed by atoms with van der Waals surface area (Å²) in [5.74, 6) is -0.752. The number of carbonyl (C=O) groups excluding carboxylic acids is 1. The van der Waals surface area contributed by atoms with E-state index < -0.39 is 11.5 Å². The lowest BCUT2D eigenvalue weighted by Gasteiger charge is -2.10. The Kier molecular flexibility index (Phi) is 4.56. The number of nitriles is 1. The van der Waals surface area contributed by atoms with Crippen molar-refractivity contribution in [2.45, 2.75) is 10.4 Å². The fourth-order valence-electron chi connectivity index (χ4n) is 1.93. The molecule has 2 N–H and O–H groups in total. The average molecular weight is 341 g/mol. The molecule has 0 atom stereocenters. The van der Waals surface area contributed by atoms with Crippen LogP contribution in [0.3, 0.4) is 0 Å². The summed E-state index contributed by atoms with van der Waals surface area (Å²) in [6, 6.07) is 7.14. The van der Waals surface area contributed by atoms with Crippen LogP contribution in [0.15, 0.2) is 35.4 Å². The molecule has 1 heterocycles. The Labute approximate surface area is 133 Å². The fourth-order valence-corrected chi connectivity index (χ4v) is 2.47. The standard InChI is InChI=1S/C14H10F3N3O2S/c1-22-13(21)12-11(19)8(6-18)7-20(12)9-2-4-10(5-3-9)23-14(15,16)17/h2-5,7H,19H2,1H3. The topological polar surface area (TPSA) is 81.0 Å². The highest BCUT2D eigenvalue weighted by atomic mass is 32.2. The van der Waals surface area contributed by atoms with E-state index in [0.29, 0.717) is 5.69 Å². The Hall–Kier alpha value is -2.60. The normalized spacial score (nSPS) is 11.1. The van der Waals surface area contributed by atoms with Crippen LogP contribution in [0, 0.1) is 11.3 Å². The highest BCUT2D eigenvalue weighted by Crippen LogP contribution is 2.37. The van der Waals surface area contributed by atoms with Crippen LogP contribution in [0.2, 0.25) is 0 Å². The molecule has 1 aromatic carbocycles. The predicted octanol–water partition coefficient (Wildman–Crippen LogP) is 3.33. The monoisotopic (exact) mass is 341 g/mol. The molecule has 0 aliphatic carbocycles. The quantitative estimate of drug-likeness (QED) is 0.684. The van der Waals surface area contributed by atoms with Gasteiger partial charge in [-0.1, -0.05) is 0 Å². The molecule has 0 saturated carbocycles. The molecule has 0 spiro atoms. The summed E-state index contributed by atoms with van der Waals surface area (Å²) in [5.41, 5.74) is 1.71. The predicted molar refractivity (Wildman–Crippen MR) is 78.1 cm³/mol. The van der Waals surface area contributed by atoms with Crippen molar-refractivity contribution in [3.8, 4) is 11.8 Å². The number of anilines is 1. The van der Waals surface area contributed by atoms with Gasteiger partial charge in [-0.05, 0) is 36.0 Å². The van der Waals surface area contributed by atoms with Gasteiger partial charge in [0.1, 0.15) is 6.07 Å². The minimum absolute atomic E-state index is 0.00139. The molecule has 9 heteroatoms. The summed E-state index contributed by atoms with van der Waals surface area (Å²) in [6.07, 6.45) is 1.33. The number of carbonyl (C=O) groups is 1. The Balaban J connectivity index is 2.46. The molecular formula is C14H10F3N3O2S. The van der Waals surface area contributed by atoms with Crippen LogP contribution in [0.5, 0.6) is 0 Å². The van der Waals surface area contributed by atoms with Crippen LogP contribution in [-0.2, 0) is 4.74 Å². The number of nitrogen functional groups attached to an aromatic ring is 1. The zero-order valence-electron chi connectivity index (χ0n) is 11.7. The molecule has 0 aliphatic heterocycles. The van der Waals surface area contributed by atoms with Gasteiger partial charge in [-0.3, -0.25) is 0 Å². The van der Waals surface area contributed by atoms with Gasteiger partial charge in [0.15, 0.2) is 5.69 Å². The van der Waals surface area contributed by atoms with E-state index >= 15 is 0 Å². The maximum absolute atomic E-state index is 12.3. The van der Waals surface area contributed by atoms with Gasteiger partial charge in [0.05, 0.1) is 18.4 Å². The molecule has 0 bridgehead atoms. The first kappa shape index (κ1) is 16.8. The van der Waals surface area contributed by atoms with Gasteiger partial charge in [0.2, 0.25) is 0 Å². The number of hydrogen-bond acceptors (Lipinski definition) is 5. The van der Waals surface area contributed by atoms with Crippen LogP contribution in [0.4, 0.5) is 18.9 Å². The summed E-state index contributed by atoms with van der Waals surface area (Å²) in [7, 11) is 1.16. The molecular weight excluding hydrogens is 331 g/mol. The summed E-state index contributed by atoms with van der Waals surface area (Å²) in [4.78, 5) is 11.8. The first-order valence-electron chi connectivity index (χ1n) is 6.12. The highest BCUT2D eigenvalue weighted by molar-refractivity contribution is 8.00. The van der Waals surface area contributed by atoms with Crippen LogP contribution in [0.25, 0.3) is 5.69 Å². The second-order valence-electron chi connectivity index (χ2n) is 4.32. The Morgan fingerprint density at radius 3 is 2.43 bits per heavy atom. The highest BCUT2D eigenvalue weighted by Gasteiger charge is 2.29. The van der Waals surface area contributed by atoms with E-state index in [2.05, 4.69) is 4.74 Å². The lowest BCUT2D eigenvalue weighted by molar-refractivity contribution is -0.0328. The first-order chi connectivity index (χ1) is 10.8. The summed E-state index contributed by atoms with van der Waals surface area (Å²) in [6.45, 7) is 0. The number of aromatic nitrogens is 1. The Morgan fingerprint density at radius 2 is 1.96 bits per heavy atom. The van der Waals surface area contributed by atoms with Crippen LogP contribution in [-0.4, -0.2) is 23.2 Å². The lowest BCUT2D eigenvalue weighted by Crippen LogP contribution is -2.11. The molecule has 2 rings (SSSR count). The van der Waals surface area contributed by atoms with Gasteiger partial charge in [-0.2, -0.15) is 18.4 Å². The third-order valence-corrected chi connectivity index (χ3v) is 3.63. The number of nitrogens with zero attached hydrogens (tertiary/aromatic N) is 2. The third-order valence-electron chi connectivity index (χ3n) is 2.89. The molecule has 0 aliphatic rings. The third kappa shape index (κ3) is 3.60. The summed E-state index contributed by atoms with van der Waals surface area (Å²) < 4.78 is 42.9. The van der Waals surface area contributed by atoms with Crippen molar-refractivity contribution in [1.29, 1.82) is 5.26 Å². The number of benzene rings is 1. The molecule has 0 unspecified atom stereocenters. The zero-order valence-corrected chi connectivity index (χ0v) is 12.5.